The molecule has 1 aromatic carbocycles. The van der Waals surface area contributed by atoms with Gasteiger partial charge in [0.2, 0.25) is 0 Å². The zero-order valence-corrected chi connectivity index (χ0v) is 23.1. The number of likely N-dealkylation sites (tertiary alicyclic amines) is 1. The van der Waals surface area contributed by atoms with Crippen LogP contribution in [0.15, 0.2) is 42.7 Å². The summed E-state index contributed by atoms with van der Waals surface area (Å²) in [5.41, 5.74) is 2.24. The van der Waals surface area contributed by atoms with E-state index in [1.54, 1.807) is 0 Å². The lowest BCUT2D eigenvalue weighted by Gasteiger charge is -2.55. The van der Waals surface area contributed by atoms with Gasteiger partial charge in [0.05, 0.1) is 0 Å². The van der Waals surface area contributed by atoms with Crippen molar-refractivity contribution < 1.29 is 9.84 Å². The van der Waals surface area contributed by atoms with Crippen molar-refractivity contribution in [2.45, 2.75) is 70.9 Å². The van der Waals surface area contributed by atoms with Crippen LogP contribution in [0, 0.1) is 5.41 Å². The normalized spacial score (nSPS) is 20.2. The molecule has 0 radical (unpaired) electrons. The topological polar surface area (TPSA) is 76.3 Å². The smallest absolute Gasteiger partial charge is 0.182 e. The van der Waals surface area contributed by atoms with Crippen LogP contribution in [0.3, 0.4) is 0 Å². The molecule has 0 bridgehead atoms. The molecule has 0 amide bonds. The summed E-state index contributed by atoms with van der Waals surface area (Å²) in [6.45, 7) is 14.0. The number of benzene rings is 1. The van der Waals surface area contributed by atoms with Gasteiger partial charge in [0.15, 0.2) is 5.82 Å². The first-order valence-corrected chi connectivity index (χ1v) is 13.6. The van der Waals surface area contributed by atoms with Crippen molar-refractivity contribution in [3.8, 4) is 11.4 Å². The number of aromatic nitrogens is 4. The Kier molecular flexibility index (Phi) is 6.98. The molecule has 0 spiro atoms. The number of hydrogen-bond acceptors (Lipinski definition) is 6. The monoisotopic (exact) mass is 503 g/mol. The van der Waals surface area contributed by atoms with Gasteiger partial charge < -0.3 is 14.7 Å². The molecular weight excluding hydrogens is 462 g/mol. The van der Waals surface area contributed by atoms with E-state index in [4.69, 9.17) is 14.8 Å². The molecule has 1 N–H and O–H groups in total. The molecule has 198 valence electrons. The van der Waals surface area contributed by atoms with E-state index >= 15 is 0 Å². The van der Waals surface area contributed by atoms with Crippen LogP contribution in [0.25, 0.3) is 11.4 Å². The molecule has 3 aromatic rings. The molecule has 2 aliphatic rings. The molecule has 37 heavy (non-hydrogen) atoms. The van der Waals surface area contributed by atoms with Crippen LogP contribution in [0.5, 0.6) is 0 Å². The van der Waals surface area contributed by atoms with E-state index in [0.717, 1.165) is 61.7 Å². The first-order valence-electron chi connectivity index (χ1n) is 13.6. The maximum Gasteiger partial charge on any atom is 0.182 e. The molecule has 2 saturated heterocycles. The molecule has 2 fully saturated rings. The molecule has 2 aliphatic heterocycles. The van der Waals surface area contributed by atoms with Crippen LogP contribution in [-0.2, 0) is 10.3 Å². The average Bonchev–Trinajstić information content (AvgIpc) is 3.34. The Labute approximate surface area is 220 Å². The maximum absolute atomic E-state index is 12.6. The molecule has 7 heteroatoms. The number of nitrogens with zero attached hydrogens (tertiary/aromatic N) is 5. The van der Waals surface area contributed by atoms with Gasteiger partial charge in [-0.05, 0) is 56.8 Å². The second-order valence-electron chi connectivity index (χ2n) is 11.9. The van der Waals surface area contributed by atoms with E-state index in [1.807, 2.05) is 18.5 Å². The third-order valence-electron chi connectivity index (χ3n) is 8.25. The Hall–Kier alpha value is -2.61. The SMILES string of the molecule is CC(C)c1ccc([C@](O)(c2cncc(-c3nc(C4CCOCC4)n(C(C)C)n3)c2)C2(C)CN(C)C2)cc1. The van der Waals surface area contributed by atoms with Crippen molar-refractivity contribution >= 4 is 0 Å². The zero-order chi connectivity index (χ0) is 26.4. The fraction of sp³-hybridized carbons (Fsp3) is 0.567. The van der Waals surface area contributed by atoms with E-state index in [2.05, 4.69) is 80.5 Å². The highest BCUT2D eigenvalue weighted by atomic mass is 16.5. The first kappa shape index (κ1) is 26.0. The van der Waals surface area contributed by atoms with Crippen molar-refractivity contribution in [3.63, 3.8) is 0 Å². The molecule has 0 saturated carbocycles. The molecular formula is C30H41N5O2. The highest BCUT2D eigenvalue weighted by molar-refractivity contribution is 5.56. The molecule has 0 unspecified atom stereocenters. The Morgan fingerprint density at radius 2 is 1.70 bits per heavy atom. The highest BCUT2D eigenvalue weighted by Gasteiger charge is 2.55. The molecule has 4 heterocycles. The number of pyridine rings is 1. The Morgan fingerprint density at radius 3 is 2.30 bits per heavy atom. The Morgan fingerprint density at radius 1 is 1.03 bits per heavy atom. The van der Waals surface area contributed by atoms with E-state index in [9.17, 15) is 5.11 Å². The van der Waals surface area contributed by atoms with Gasteiger partial charge in [0.1, 0.15) is 11.4 Å². The van der Waals surface area contributed by atoms with E-state index < -0.39 is 5.60 Å². The Bertz CT molecular complexity index is 1220. The van der Waals surface area contributed by atoms with Crippen LogP contribution >= 0.6 is 0 Å². The van der Waals surface area contributed by atoms with Crippen LogP contribution in [0.1, 0.15) is 87.9 Å². The minimum Gasteiger partial charge on any atom is -0.381 e. The lowest BCUT2D eigenvalue weighted by molar-refractivity contribution is -0.127. The summed E-state index contributed by atoms with van der Waals surface area (Å²) in [6.07, 6.45) is 5.54. The van der Waals surface area contributed by atoms with E-state index in [1.165, 1.54) is 5.56 Å². The molecule has 5 rings (SSSR count). The van der Waals surface area contributed by atoms with Gasteiger partial charge in [-0.3, -0.25) is 4.98 Å². The first-order chi connectivity index (χ1) is 17.6. The van der Waals surface area contributed by atoms with Gasteiger partial charge in [0.25, 0.3) is 0 Å². The number of ether oxygens (including phenoxy) is 1. The van der Waals surface area contributed by atoms with Crippen molar-refractivity contribution in [2.75, 3.05) is 33.4 Å². The van der Waals surface area contributed by atoms with Gasteiger partial charge in [-0.1, -0.05) is 45.0 Å². The quantitative estimate of drug-likeness (QED) is 0.482. The summed E-state index contributed by atoms with van der Waals surface area (Å²) in [7, 11) is 2.10. The summed E-state index contributed by atoms with van der Waals surface area (Å²) < 4.78 is 7.64. The number of hydrogen-bond donors (Lipinski definition) is 1. The lowest BCUT2D eigenvalue weighted by atomic mass is 9.62. The van der Waals surface area contributed by atoms with Crippen LogP contribution in [0.2, 0.25) is 0 Å². The van der Waals surface area contributed by atoms with Gasteiger partial charge in [-0.15, -0.1) is 0 Å². The van der Waals surface area contributed by atoms with Crippen molar-refractivity contribution in [1.29, 1.82) is 0 Å². The van der Waals surface area contributed by atoms with Gasteiger partial charge in [-0.25, -0.2) is 9.67 Å². The summed E-state index contributed by atoms with van der Waals surface area (Å²) in [5, 5.41) is 17.5. The molecule has 1 atom stereocenters. The standard InChI is InChI=1S/C30H41N5O2/c1-20(2)22-7-9-25(10-8-22)30(36,29(5)18-34(6)19-29)26-15-24(16-31-17-26)27-32-28(35(33-27)21(3)4)23-11-13-37-14-12-23/h7-10,15-17,20-21,23,36H,11-14,18-19H2,1-6H3/t30-/m0/s1. The minimum absolute atomic E-state index is 0.205. The van der Waals surface area contributed by atoms with E-state index in [0.29, 0.717) is 17.7 Å². The second kappa shape index (κ2) is 9.93. The third-order valence-corrected chi connectivity index (χ3v) is 8.25. The summed E-state index contributed by atoms with van der Waals surface area (Å²) in [6, 6.07) is 10.7. The molecule has 0 aliphatic carbocycles. The minimum atomic E-state index is -1.19. The van der Waals surface area contributed by atoms with Crippen LogP contribution < -0.4 is 0 Å². The van der Waals surface area contributed by atoms with Crippen LogP contribution in [0.4, 0.5) is 0 Å². The van der Waals surface area contributed by atoms with Crippen LogP contribution in [-0.4, -0.2) is 63.1 Å². The van der Waals surface area contributed by atoms with Gasteiger partial charge >= 0.3 is 0 Å². The molecule has 2 aromatic heterocycles. The fourth-order valence-electron chi connectivity index (χ4n) is 6.18. The summed E-state index contributed by atoms with van der Waals surface area (Å²) in [5.74, 6) is 2.46. The van der Waals surface area contributed by atoms with Crippen molar-refractivity contribution in [1.82, 2.24) is 24.6 Å². The largest absolute Gasteiger partial charge is 0.381 e. The average molecular weight is 504 g/mol. The number of rotatable bonds is 7. The Balaban J connectivity index is 1.58. The zero-order valence-electron chi connectivity index (χ0n) is 23.1. The van der Waals surface area contributed by atoms with Gasteiger partial charge in [-0.2, -0.15) is 5.10 Å². The predicted octanol–water partition coefficient (Wildman–Crippen LogP) is 5.13. The summed E-state index contributed by atoms with van der Waals surface area (Å²) >= 11 is 0. The maximum atomic E-state index is 12.6. The van der Waals surface area contributed by atoms with Crippen molar-refractivity contribution in [2.24, 2.45) is 5.41 Å². The summed E-state index contributed by atoms with van der Waals surface area (Å²) in [4.78, 5) is 11.9. The van der Waals surface area contributed by atoms with E-state index in [-0.39, 0.29) is 11.5 Å². The molecule has 7 nitrogen and oxygen atoms in total. The number of aliphatic hydroxyl groups is 1. The predicted molar refractivity (Wildman–Crippen MR) is 146 cm³/mol. The highest BCUT2D eigenvalue weighted by Crippen LogP contribution is 2.50. The van der Waals surface area contributed by atoms with Crippen molar-refractivity contribution in [3.05, 3.63) is 65.2 Å². The fourth-order valence-corrected chi connectivity index (χ4v) is 6.18. The second-order valence-corrected chi connectivity index (χ2v) is 11.9. The third kappa shape index (κ3) is 4.62. The lowest BCUT2D eigenvalue weighted by Crippen LogP contribution is -2.63. The van der Waals surface area contributed by atoms with Gasteiger partial charge in [0, 0.05) is 67.2 Å².